The number of amides is 1. The maximum Gasteiger partial charge on any atom is 0.341 e. The number of esters is 1. The van der Waals surface area contributed by atoms with Crippen LogP contribution in [0.3, 0.4) is 0 Å². The molecule has 2 heterocycles. The summed E-state index contributed by atoms with van der Waals surface area (Å²) in [7, 11) is 3.42. The number of nitro groups is 1. The van der Waals surface area contributed by atoms with Gasteiger partial charge in [-0.1, -0.05) is 0 Å². The lowest BCUT2D eigenvalue weighted by molar-refractivity contribution is -0.895. The number of likely N-dealkylation sites (N-methyl/N-ethyl adjacent to an activating group) is 1. The lowest BCUT2D eigenvalue weighted by Gasteiger charge is -2.19. The molecule has 1 unspecified atom stereocenters. The fourth-order valence-corrected chi connectivity index (χ4v) is 4.41. The van der Waals surface area contributed by atoms with E-state index in [1.54, 1.807) is 18.2 Å². The smallest absolute Gasteiger partial charge is 0.341 e. The number of benzene rings is 1. The topological polar surface area (TPSA) is 103 Å². The van der Waals surface area contributed by atoms with E-state index < -0.39 is 10.9 Å². The van der Waals surface area contributed by atoms with Gasteiger partial charge in [0.05, 0.1) is 36.1 Å². The highest BCUT2D eigenvalue weighted by Crippen LogP contribution is 2.35. The number of non-ortho nitro benzene ring substituents is 1. The van der Waals surface area contributed by atoms with E-state index in [1.807, 2.05) is 0 Å². The van der Waals surface area contributed by atoms with Crippen molar-refractivity contribution >= 4 is 40.0 Å². The van der Waals surface area contributed by atoms with Crippen LogP contribution in [0.15, 0.2) is 30.3 Å². The van der Waals surface area contributed by atoms with Crippen LogP contribution in [0.4, 0.5) is 10.7 Å². The molecule has 0 spiro atoms. The van der Waals surface area contributed by atoms with Crippen LogP contribution in [0.2, 0.25) is 0 Å². The number of fused-ring (bicyclic) bond motifs is 1. The van der Waals surface area contributed by atoms with Crippen LogP contribution in [0.25, 0.3) is 6.08 Å². The molecule has 2 aromatic rings. The molecule has 0 saturated heterocycles. The van der Waals surface area contributed by atoms with Gasteiger partial charge in [0.1, 0.15) is 11.5 Å². The molecule has 28 heavy (non-hydrogen) atoms. The number of carbonyl (C=O) groups is 2. The molecular formula is C19H20N3O5S+. The Bertz CT molecular complexity index is 949. The zero-order valence-corrected chi connectivity index (χ0v) is 16.3. The first-order valence-corrected chi connectivity index (χ1v) is 9.48. The zero-order valence-electron chi connectivity index (χ0n) is 15.5. The number of methoxy groups -OCH3 is 1. The van der Waals surface area contributed by atoms with Crippen molar-refractivity contribution in [3.63, 3.8) is 0 Å². The monoisotopic (exact) mass is 402 g/mol. The molecule has 1 amide bonds. The maximum atomic E-state index is 12.3. The molecule has 1 aromatic carbocycles. The number of nitrogens with one attached hydrogen (secondary N) is 2. The first-order chi connectivity index (χ1) is 13.4. The summed E-state index contributed by atoms with van der Waals surface area (Å²) >= 11 is 1.40. The Kier molecular flexibility index (Phi) is 5.86. The second-order valence-electron chi connectivity index (χ2n) is 6.50. The van der Waals surface area contributed by atoms with Crippen molar-refractivity contribution in [1.82, 2.24) is 0 Å². The van der Waals surface area contributed by atoms with Crippen molar-refractivity contribution in [2.24, 2.45) is 0 Å². The van der Waals surface area contributed by atoms with Crippen LogP contribution < -0.4 is 10.2 Å². The van der Waals surface area contributed by atoms with Gasteiger partial charge in [0.2, 0.25) is 5.91 Å². The Morgan fingerprint density at radius 3 is 2.68 bits per heavy atom. The molecule has 1 aromatic heterocycles. The molecule has 0 saturated carbocycles. The Morgan fingerprint density at radius 1 is 1.32 bits per heavy atom. The third-order valence-corrected chi connectivity index (χ3v) is 5.66. The van der Waals surface area contributed by atoms with Crippen LogP contribution in [-0.4, -0.2) is 37.5 Å². The van der Waals surface area contributed by atoms with Crippen molar-refractivity contribution in [3.05, 3.63) is 62.0 Å². The van der Waals surface area contributed by atoms with Gasteiger partial charge in [0.25, 0.3) is 5.69 Å². The fourth-order valence-electron chi connectivity index (χ4n) is 3.06. The highest BCUT2D eigenvalue weighted by molar-refractivity contribution is 7.17. The number of hydrogen-bond acceptors (Lipinski definition) is 6. The molecule has 2 N–H and O–H groups in total. The van der Waals surface area contributed by atoms with Gasteiger partial charge >= 0.3 is 5.97 Å². The first kappa shape index (κ1) is 19.7. The van der Waals surface area contributed by atoms with Gasteiger partial charge in [-0.05, 0) is 29.3 Å². The lowest BCUT2D eigenvalue weighted by atomic mass is 10.0. The molecule has 0 fully saturated rings. The standard InChI is InChI=1S/C19H19N3O5S/c1-21-10-9-14-15(11-21)28-18(17(14)19(24)27-2)20-16(23)8-5-12-3-6-13(7-4-12)22(25)26/h3-8H,9-11H2,1-2H3,(H,20,23)/p+1/b8-5-. The third-order valence-electron chi connectivity index (χ3n) is 4.51. The van der Waals surface area contributed by atoms with Crippen LogP contribution in [0.1, 0.15) is 26.4 Å². The van der Waals surface area contributed by atoms with Crippen LogP contribution >= 0.6 is 11.3 Å². The summed E-state index contributed by atoms with van der Waals surface area (Å²) < 4.78 is 4.91. The molecule has 0 aliphatic carbocycles. The Balaban J connectivity index is 1.78. The van der Waals surface area contributed by atoms with Gasteiger partial charge in [-0.15, -0.1) is 11.3 Å². The highest BCUT2D eigenvalue weighted by Gasteiger charge is 2.29. The first-order valence-electron chi connectivity index (χ1n) is 8.66. The quantitative estimate of drug-likeness (QED) is 0.343. The number of quaternary nitrogens is 1. The van der Waals surface area contributed by atoms with Crippen LogP contribution in [0.5, 0.6) is 0 Å². The van der Waals surface area contributed by atoms with E-state index in [4.69, 9.17) is 4.74 Å². The molecule has 0 radical (unpaired) electrons. The van der Waals surface area contributed by atoms with Gasteiger partial charge in [0.15, 0.2) is 0 Å². The van der Waals surface area contributed by atoms with Gasteiger partial charge < -0.3 is 15.0 Å². The molecule has 9 heteroatoms. The number of ether oxygens (including phenoxy) is 1. The second-order valence-corrected chi connectivity index (χ2v) is 7.61. The molecule has 0 bridgehead atoms. The minimum absolute atomic E-state index is 0.0133. The van der Waals surface area contributed by atoms with E-state index in [9.17, 15) is 19.7 Å². The number of thiophene rings is 1. The van der Waals surface area contributed by atoms with E-state index in [2.05, 4.69) is 12.4 Å². The second kappa shape index (κ2) is 8.32. The van der Waals surface area contributed by atoms with E-state index >= 15 is 0 Å². The van der Waals surface area contributed by atoms with Crippen molar-refractivity contribution in [1.29, 1.82) is 0 Å². The summed E-state index contributed by atoms with van der Waals surface area (Å²) in [5.74, 6) is -0.838. The van der Waals surface area contributed by atoms with Gasteiger partial charge in [-0.2, -0.15) is 0 Å². The van der Waals surface area contributed by atoms with Gasteiger partial charge in [-0.3, -0.25) is 14.9 Å². The van der Waals surface area contributed by atoms with Crippen molar-refractivity contribution in [2.45, 2.75) is 13.0 Å². The number of nitrogens with zero attached hydrogens (tertiary/aromatic N) is 1. The fraction of sp³-hybridized carbons (Fsp3) is 0.263. The zero-order chi connectivity index (χ0) is 20.3. The van der Waals surface area contributed by atoms with E-state index in [-0.39, 0.29) is 11.6 Å². The van der Waals surface area contributed by atoms with E-state index in [0.29, 0.717) is 16.1 Å². The predicted molar refractivity (Wildman–Crippen MR) is 106 cm³/mol. The van der Waals surface area contributed by atoms with Crippen LogP contribution in [-0.2, 0) is 22.5 Å². The maximum absolute atomic E-state index is 12.3. The molecular weight excluding hydrogens is 382 g/mol. The number of nitro benzene ring substituents is 1. The van der Waals surface area contributed by atoms with Crippen molar-refractivity contribution in [3.8, 4) is 0 Å². The van der Waals surface area contributed by atoms with Crippen LogP contribution in [0, 0.1) is 10.1 Å². The molecule has 3 rings (SSSR count). The van der Waals surface area contributed by atoms with Gasteiger partial charge in [-0.25, -0.2) is 4.79 Å². The Morgan fingerprint density at radius 2 is 2.04 bits per heavy atom. The molecule has 8 nitrogen and oxygen atoms in total. The SMILES string of the molecule is COC(=O)c1c(NC(=O)/C=C\c2ccc([N+](=O)[O-])cc2)sc2c1CC[NH+](C)C2. The normalized spacial score (nSPS) is 15.9. The third kappa shape index (κ3) is 4.26. The van der Waals surface area contributed by atoms with Crippen molar-refractivity contribution < 1.29 is 24.1 Å². The molecule has 1 aliphatic heterocycles. The summed E-state index contributed by atoms with van der Waals surface area (Å²) in [6.07, 6.45) is 3.65. The summed E-state index contributed by atoms with van der Waals surface area (Å²) in [5.41, 5.74) is 2.04. The number of anilines is 1. The minimum Gasteiger partial charge on any atom is -0.465 e. The van der Waals surface area contributed by atoms with E-state index in [0.717, 1.165) is 30.0 Å². The van der Waals surface area contributed by atoms with Crippen molar-refractivity contribution in [2.75, 3.05) is 26.0 Å². The molecule has 1 aliphatic rings. The van der Waals surface area contributed by atoms with E-state index in [1.165, 1.54) is 41.6 Å². The summed E-state index contributed by atoms with van der Waals surface area (Å²) in [6, 6.07) is 5.87. The molecule has 146 valence electrons. The minimum atomic E-state index is -0.480. The molecule has 1 atom stereocenters. The predicted octanol–water partition coefficient (Wildman–Crippen LogP) is 1.67. The Labute approximate surface area is 165 Å². The van der Waals surface area contributed by atoms with Gasteiger partial charge in [0, 0.05) is 24.6 Å². The average Bonchev–Trinajstić information content (AvgIpc) is 3.02. The number of rotatable bonds is 5. The highest BCUT2D eigenvalue weighted by atomic mass is 32.1. The lowest BCUT2D eigenvalue weighted by Crippen LogP contribution is -3.08. The summed E-state index contributed by atoms with van der Waals surface area (Å²) in [6.45, 7) is 1.72. The number of carbonyl (C=O) groups excluding carboxylic acids is 2. The number of hydrogen-bond donors (Lipinski definition) is 2. The average molecular weight is 402 g/mol. The summed E-state index contributed by atoms with van der Waals surface area (Å²) in [4.78, 5) is 37.2. The largest absolute Gasteiger partial charge is 0.465 e. The Hall–Kier alpha value is -3.04. The summed E-state index contributed by atoms with van der Waals surface area (Å²) in [5, 5.41) is 13.9.